The van der Waals surface area contributed by atoms with E-state index in [0.717, 1.165) is 37.3 Å². The lowest BCUT2D eigenvalue weighted by atomic mass is 9.87. The Hall–Kier alpha value is -2.95. The van der Waals surface area contributed by atoms with Gasteiger partial charge in [-0.15, -0.1) is 0 Å². The van der Waals surface area contributed by atoms with E-state index in [1.807, 2.05) is 24.3 Å². The van der Waals surface area contributed by atoms with Gasteiger partial charge in [-0.2, -0.15) is 0 Å². The minimum Gasteiger partial charge on any atom is -0.357 e. The molecule has 5 heteroatoms. The van der Waals surface area contributed by atoms with Crippen LogP contribution < -0.4 is 10.2 Å². The van der Waals surface area contributed by atoms with Crippen molar-refractivity contribution in [2.45, 2.75) is 39.0 Å². The van der Waals surface area contributed by atoms with Gasteiger partial charge in [0, 0.05) is 29.7 Å². The summed E-state index contributed by atoms with van der Waals surface area (Å²) < 4.78 is 14.7. The molecule has 1 aliphatic rings. The third-order valence-electron chi connectivity index (χ3n) is 5.43. The van der Waals surface area contributed by atoms with Gasteiger partial charge in [0.15, 0.2) is 5.82 Å². The number of anilines is 2. The van der Waals surface area contributed by atoms with Gasteiger partial charge >= 0.3 is 0 Å². The number of halogens is 1. The highest BCUT2D eigenvalue weighted by molar-refractivity contribution is 6.05. The first-order chi connectivity index (χ1) is 13.8. The number of fused-ring (bicyclic) bond motifs is 1. The average Bonchev–Trinajstić information content (AvgIpc) is 3.22. The van der Waals surface area contributed by atoms with E-state index in [1.165, 1.54) is 6.07 Å². The summed E-state index contributed by atoms with van der Waals surface area (Å²) in [5.41, 5.74) is 2.49. The van der Waals surface area contributed by atoms with Crippen molar-refractivity contribution in [1.29, 1.82) is 0 Å². The SMILES string of the molecule is CC(C)(C)c1ccc(C(=O)Nc2cc(F)c3nc(N4CCCC4)ccc3c2)cc1. The summed E-state index contributed by atoms with van der Waals surface area (Å²) in [6.07, 6.45) is 2.29. The molecule has 1 aromatic heterocycles. The number of amides is 1. The predicted octanol–water partition coefficient (Wildman–Crippen LogP) is 5.52. The molecule has 0 unspecified atom stereocenters. The largest absolute Gasteiger partial charge is 0.357 e. The number of rotatable bonds is 3. The molecule has 0 radical (unpaired) electrons. The lowest BCUT2D eigenvalue weighted by molar-refractivity contribution is 0.102. The van der Waals surface area contributed by atoms with E-state index in [1.54, 1.807) is 18.2 Å². The van der Waals surface area contributed by atoms with Crippen molar-refractivity contribution in [2.24, 2.45) is 0 Å². The predicted molar refractivity (Wildman–Crippen MR) is 116 cm³/mol. The number of hydrogen-bond donors (Lipinski definition) is 1. The van der Waals surface area contributed by atoms with Crippen molar-refractivity contribution in [3.05, 3.63) is 65.5 Å². The van der Waals surface area contributed by atoms with Crippen LogP contribution in [0.15, 0.2) is 48.5 Å². The molecule has 1 saturated heterocycles. The Kier molecular flexibility index (Phi) is 4.99. The monoisotopic (exact) mass is 391 g/mol. The molecular weight excluding hydrogens is 365 g/mol. The summed E-state index contributed by atoms with van der Waals surface area (Å²) >= 11 is 0. The number of benzene rings is 2. The fourth-order valence-electron chi connectivity index (χ4n) is 3.70. The topological polar surface area (TPSA) is 45.2 Å². The fourth-order valence-corrected chi connectivity index (χ4v) is 3.70. The van der Waals surface area contributed by atoms with Crippen molar-refractivity contribution in [2.75, 3.05) is 23.3 Å². The number of pyridine rings is 1. The van der Waals surface area contributed by atoms with Gasteiger partial charge in [-0.3, -0.25) is 4.79 Å². The summed E-state index contributed by atoms with van der Waals surface area (Å²) in [5.74, 6) is 0.123. The maximum absolute atomic E-state index is 14.7. The van der Waals surface area contributed by atoms with Crippen LogP contribution >= 0.6 is 0 Å². The summed E-state index contributed by atoms with van der Waals surface area (Å²) in [7, 11) is 0. The van der Waals surface area contributed by atoms with E-state index in [2.05, 4.69) is 36.0 Å². The third-order valence-corrected chi connectivity index (χ3v) is 5.43. The molecule has 0 spiro atoms. The molecule has 2 aromatic carbocycles. The Balaban J connectivity index is 1.56. The Bertz CT molecular complexity index is 1050. The van der Waals surface area contributed by atoms with Gasteiger partial charge in [-0.1, -0.05) is 32.9 Å². The van der Waals surface area contributed by atoms with Crippen LogP contribution in [-0.4, -0.2) is 24.0 Å². The third kappa shape index (κ3) is 4.09. The van der Waals surface area contributed by atoms with Crippen LogP contribution in [0.5, 0.6) is 0 Å². The van der Waals surface area contributed by atoms with Gasteiger partial charge in [0.2, 0.25) is 0 Å². The van der Waals surface area contributed by atoms with E-state index in [9.17, 15) is 9.18 Å². The molecule has 1 fully saturated rings. The zero-order chi connectivity index (χ0) is 20.6. The maximum Gasteiger partial charge on any atom is 0.255 e. The first-order valence-electron chi connectivity index (χ1n) is 10.1. The number of carbonyl (C=O) groups excluding carboxylic acids is 1. The van der Waals surface area contributed by atoms with Crippen molar-refractivity contribution >= 4 is 28.3 Å². The lowest BCUT2D eigenvalue weighted by Gasteiger charge is -2.19. The molecule has 0 saturated carbocycles. The Morgan fingerprint density at radius 1 is 1.03 bits per heavy atom. The Morgan fingerprint density at radius 3 is 2.38 bits per heavy atom. The summed E-state index contributed by atoms with van der Waals surface area (Å²) in [6.45, 7) is 8.31. The smallest absolute Gasteiger partial charge is 0.255 e. The van der Waals surface area contributed by atoms with Gasteiger partial charge in [0.25, 0.3) is 5.91 Å². The highest BCUT2D eigenvalue weighted by Gasteiger charge is 2.17. The number of nitrogens with one attached hydrogen (secondary N) is 1. The second kappa shape index (κ2) is 7.47. The van der Waals surface area contributed by atoms with Gasteiger partial charge in [-0.05, 0) is 60.2 Å². The molecule has 4 rings (SSSR count). The highest BCUT2D eigenvalue weighted by atomic mass is 19.1. The van der Waals surface area contributed by atoms with Crippen LogP contribution in [-0.2, 0) is 5.41 Å². The number of nitrogens with zero attached hydrogens (tertiary/aromatic N) is 2. The van der Waals surface area contributed by atoms with Crippen molar-refractivity contribution in [3.63, 3.8) is 0 Å². The zero-order valence-corrected chi connectivity index (χ0v) is 17.1. The number of aromatic nitrogens is 1. The Morgan fingerprint density at radius 2 is 1.72 bits per heavy atom. The molecule has 0 aliphatic carbocycles. The highest BCUT2D eigenvalue weighted by Crippen LogP contribution is 2.27. The van der Waals surface area contributed by atoms with Gasteiger partial charge in [0.05, 0.1) is 0 Å². The fraction of sp³-hybridized carbons (Fsp3) is 0.333. The van der Waals surface area contributed by atoms with Crippen molar-refractivity contribution in [3.8, 4) is 0 Å². The molecule has 3 aromatic rings. The standard InChI is InChI=1S/C24H26FN3O/c1-24(2,3)18-9-6-16(7-10-18)23(29)26-19-14-17-8-11-21(28-12-4-5-13-28)27-22(17)20(25)15-19/h6-11,14-15H,4-5,12-13H2,1-3H3,(H,26,29). The normalized spacial score (nSPS) is 14.4. The summed E-state index contributed by atoms with van der Waals surface area (Å²) in [6, 6.07) is 14.4. The minimum atomic E-state index is -0.429. The number of hydrogen-bond acceptors (Lipinski definition) is 3. The minimum absolute atomic E-state index is 0.0252. The summed E-state index contributed by atoms with van der Waals surface area (Å²) in [4.78, 5) is 19.3. The van der Waals surface area contributed by atoms with Crippen LogP contribution in [0, 0.1) is 5.82 Å². The average molecular weight is 391 g/mol. The number of carbonyl (C=O) groups is 1. The molecule has 1 aliphatic heterocycles. The molecule has 150 valence electrons. The van der Waals surface area contributed by atoms with Crippen LogP contribution in [0.25, 0.3) is 10.9 Å². The van der Waals surface area contributed by atoms with Gasteiger partial charge in [0.1, 0.15) is 11.3 Å². The van der Waals surface area contributed by atoms with Crippen molar-refractivity contribution < 1.29 is 9.18 Å². The maximum atomic E-state index is 14.7. The lowest BCUT2D eigenvalue weighted by Crippen LogP contribution is -2.18. The molecular formula is C24H26FN3O. The quantitative estimate of drug-likeness (QED) is 0.639. The van der Waals surface area contributed by atoms with E-state index < -0.39 is 5.82 Å². The van der Waals surface area contributed by atoms with E-state index in [-0.39, 0.29) is 11.3 Å². The first-order valence-corrected chi connectivity index (χ1v) is 10.1. The molecule has 1 N–H and O–H groups in total. The molecule has 4 nitrogen and oxygen atoms in total. The van der Waals surface area contributed by atoms with Gasteiger partial charge in [-0.25, -0.2) is 9.37 Å². The second-order valence-corrected chi connectivity index (χ2v) is 8.67. The summed E-state index contributed by atoms with van der Waals surface area (Å²) in [5, 5.41) is 3.47. The molecule has 0 bridgehead atoms. The van der Waals surface area contributed by atoms with Crippen LogP contribution in [0.3, 0.4) is 0 Å². The molecule has 1 amide bonds. The van der Waals surface area contributed by atoms with E-state index >= 15 is 0 Å². The van der Waals surface area contributed by atoms with E-state index in [4.69, 9.17) is 0 Å². The van der Waals surface area contributed by atoms with E-state index in [0.29, 0.717) is 22.2 Å². The van der Waals surface area contributed by atoms with Crippen LogP contribution in [0.4, 0.5) is 15.9 Å². The molecule has 29 heavy (non-hydrogen) atoms. The molecule has 0 atom stereocenters. The Labute approximate surface area is 170 Å². The zero-order valence-electron chi connectivity index (χ0n) is 17.1. The first kappa shape index (κ1) is 19.4. The molecule has 2 heterocycles. The second-order valence-electron chi connectivity index (χ2n) is 8.67. The van der Waals surface area contributed by atoms with Gasteiger partial charge < -0.3 is 10.2 Å². The van der Waals surface area contributed by atoms with Crippen LogP contribution in [0.1, 0.15) is 49.5 Å². The van der Waals surface area contributed by atoms with Crippen molar-refractivity contribution in [1.82, 2.24) is 4.98 Å². The van der Waals surface area contributed by atoms with Crippen LogP contribution in [0.2, 0.25) is 0 Å².